The second-order valence-corrected chi connectivity index (χ2v) is 7.51. The highest BCUT2D eigenvalue weighted by molar-refractivity contribution is 6.16. The first-order valence-corrected chi connectivity index (χ1v) is 8.94. The number of benzene rings is 1. The van der Waals surface area contributed by atoms with Gasteiger partial charge < -0.3 is 0 Å². The quantitative estimate of drug-likeness (QED) is 0.521. The van der Waals surface area contributed by atoms with E-state index in [1.54, 1.807) is 0 Å². The van der Waals surface area contributed by atoms with Crippen molar-refractivity contribution in [3.8, 4) is 0 Å². The molecule has 0 heterocycles. The molecule has 1 aromatic carbocycles. The van der Waals surface area contributed by atoms with Crippen LogP contribution in [0.2, 0.25) is 0 Å². The van der Waals surface area contributed by atoms with Crippen molar-refractivity contribution in [2.75, 3.05) is 0 Å². The summed E-state index contributed by atoms with van der Waals surface area (Å²) in [5.41, 5.74) is 3.74. The molecule has 2 nitrogen and oxygen atoms in total. The van der Waals surface area contributed by atoms with E-state index in [4.69, 9.17) is 4.99 Å². The Balaban J connectivity index is 2.99. The van der Waals surface area contributed by atoms with Crippen LogP contribution in [0.1, 0.15) is 78.4 Å². The van der Waals surface area contributed by atoms with E-state index < -0.39 is 0 Å². The first kappa shape index (κ1) is 19.6. The van der Waals surface area contributed by atoms with Crippen LogP contribution >= 0.6 is 0 Å². The first-order valence-electron chi connectivity index (χ1n) is 8.94. The molecule has 0 saturated heterocycles. The summed E-state index contributed by atoms with van der Waals surface area (Å²) in [7, 11) is 0. The van der Waals surface area contributed by atoms with Gasteiger partial charge in [-0.25, -0.2) is 0 Å². The summed E-state index contributed by atoms with van der Waals surface area (Å²) in [6.07, 6.45) is 3.72. The van der Waals surface area contributed by atoms with Gasteiger partial charge in [-0.3, -0.25) is 9.98 Å². The number of hydrogen-bond acceptors (Lipinski definition) is 2. The maximum Gasteiger partial charge on any atom is 0.0699 e. The van der Waals surface area contributed by atoms with Gasteiger partial charge in [-0.05, 0) is 41.7 Å². The zero-order valence-corrected chi connectivity index (χ0v) is 16.2. The van der Waals surface area contributed by atoms with Gasteiger partial charge in [0.1, 0.15) is 0 Å². The Morgan fingerprint density at radius 1 is 0.783 bits per heavy atom. The van der Waals surface area contributed by atoms with E-state index in [9.17, 15) is 0 Å². The fraction of sp³-hybridized carbons (Fsp3) is 0.619. The van der Waals surface area contributed by atoms with Gasteiger partial charge in [-0.2, -0.15) is 0 Å². The minimum Gasteiger partial charge on any atom is -0.288 e. The van der Waals surface area contributed by atoms with E-state index in [1.165, 1.54) is 11.1 Å². The summed E-state index contributed by atoms with van der Waals surface area (Å²) in [4.78, 5) is 9.39. The molecular weight excluding hydrogens is 280 g/mol. The number of hydrogen-bond donors (Lipinski definition) is 0. The van der Waals surface area contributed by atoms with E-state index in [0.717, 1.165) is 5.69 Å². The molecule has 0 aliphatic rings. The van der Waals surface area contributed by atoms with Crippen molar-refractivity contribution in [1.29, 1.82) is 0 Å². The van der Waals surface area contributed by atoms with Gasteiger partial charge in [0.25, 0.3) is 0 Å². The summed E-state index contributed by atoms with van der Waals surface area (Å²) >= 11 is 0. The summed E-state index contributed by atoms with van der Waals surface area (Å²) in [6.45, 7) is 17.8. The van der Waals surface area contributed by atoms with Gasteiger partial charge in [-0.15, -0.1) is 0 Å². The molecule has 0 saturated carbocycles. The molecule has 0 N–H and O–H groups in total. The highest BCUT2D eigenvalue weighted by atomic mass is 14.8. The average molecular weight is 315 g/mol. The second kappa shape index (κ2) is 9.00. The average Bonchev–Trinajstić information content (AvgIpc) is 2.49. The van der Waals surface area contributed by atoms with E-state index in [2.05, 4.69) is 78.6 Å². The molecule has 1 aromatic rings. The second-order valence-electron chi connectivity index (χ2n) is 7.51. The lowest BCUT2D eigenvalue weighted by molar-refractivity contribution is 0.365. The van der Waals surface area contributed by atoms with Crippen molar-refractivity contribution in [2.45, 2.75) is 73.3 Å². The Hall–Kier alpha value is -1.44. The van der Waals surface area contributed by atoms with Crippen molar-refractivity contribution in [3.63, 3.8) is 0 Å². The maximum atomic E-state index is 4.75. The summed E-state index contributed by atoms with van der Waals surface area (Å²) in [6, 6.07) is 6.84. The molecule has 0 amide bonds. The van der Waals surface area contributed by atoms with Crippen LogP contribution < -0.4 is 0 Å². The van der Waals surface area contributed by atoms with Gasteiger partial charge in [-0.1, -0.05) is 66.7 Å². The van der Waals surface area contributed by atoms with E-state index >= 15 is 0 Å². The highest BCUT2D eigenvalue weighted by Gasteiger charge is 2.14. The predicted molar refractivity (Wildman–Crippen MR) is 105 cm³/mol. The van der Waals surface area contributed by atoms with E-state index in [-0.39, 0.29) is 0 Å². The van der Waals surface area contributed by atoms with Gasteiger partial charge in [0.05, 0.1) is 5.69 Å². The summed E-state index contributed by atoms with van der Waals surface area (Å²) in [5.74, 6) is 2.16. The minimum absolute atomic E-state index is 0.325. The Morgan fingerprint density at radius 2 is 1.30 bits per heavy atom. The normalized spacial score (nSPS) is 15.4. The number of aliphatic imine (C=N–C) groups is 2. The monoisotopic (exact) mass is 314 g/mol. The summed E-state index contributed by atoms with van der Waals surface area (Å²) in [5, 5.41) is 0. The van der Waals surface area contributed by atoms with Crippen molar-refractivity contribution in [1.82, 2.24) is 0 Å². The topological polar surface area (TPSA) is 24.7 Å². The van der Waals surface area contributed by atoms with Crippen molar-refractivity contribution in [2.24, 2.45) is 21.8 Å². The standard InChI is InChI=1S/C21H34N2/c1-14(2)17(7)18(8)22-12-13-23-21-19(15(3)4)10-9-11-20(21)16(5)6/h9-18H,1-8H3. The van der Waals surface area contributed by atoms with Crippen molar-refractivity contribution >= 4 is 18.1 Å². The molecule has 0 aliphatic heterocycles. The zero-order chi connectivity index (χ0) is 17.6. The van der Waals surface area contributed by atoms with Crippen molar-refractivity contribution in [3.05, 3.63) is 29.3 Å². The van der Waals surface area contributed by atoms with Gasteiger partial charge in [0, 0.05) is 18.5 Å². The zero-order valence-electron chi connectivity index (χ0n) is 16.2. The molecule has 0 radical (unpaired) electrons. The number of nitrogens with zero attached hydrogens (tertiary/aromatic N) is 2. The maximum absolute atomic E-state index is 4.75. The summed E-state index contributed by atoms with van der Waals surface area (Å²) < 4.78 is 0. The van der Waals surface area contributed by atoms with Crippen LogP contribution in [0.3, 0.4) is 0 Å². The van der Waals surface area contributed by atoms with Gasteiger partial charge in [0.15, 0.2) is 0 Å². The van der Waals surface area contributed by atoms with Gasteiger partial charge >= 0.3 is 0 Å². The van der Waals surface area contributed by atoms with Crippen LogP contribution in [0, 0.1) is 11.8 Å². The molecule has 0 aromatic heterocycles. The van der Waals surface area contributed by atoms with Crippen LogP contribution in [-0.4, -0.2) is 18.5 Å². The smallest absolute Gasteiger partial charge is 0.0699 e. The molecule has 0 spiro atoms. The van der Waals surface area contributed by atoms with Crippen LogP contribution in [0.25, 0.3) is 0 Å². The molecule has 23 heavy (non-hydrogen) atoms. The molecule has 0 bridgehead atoms. The first-order chi connectivity index (χ1) is 10.8. The molecule has 0 fully saturated rings. The highest BCUT2D eigenvalue weighted by Crippen LogP contribution is 2.34. The lowest BCUT2D eigenvalue weighted by Crippen LogP contribution is -2.17. The molecule has 128 valence electrons. The molecule has 2 heteroatoms. The number of para-hydroxylation sites is 1. The third-order valence-electron chi connectivity index (χ3n) is 4.75. The van der Waals surface area contributed by atoms with Crippen LogP contribution in [0.5, 0.6) is 0 Å². The SMILES string of the molecule is CC(C)c1cccc(C(C)C)c1N=CC=NC(C)C(C)C(C)C. The van der Waals surface area contributed by atoms with Crippen LogP contribution in [0.15, 0.2) is 28.2 Å². The Morgan fingerprint density at radius 3 is 1.74 bits per heavy atom. The fourth-order valence-corrected chi connectivity index (χ4v) is 2.64. The molecule has 1 rings (SSSR count). The van der Waals surface area contributed by atoms with E-state index in [0.29, 0.717) is 29.7 Å². The number of rotatable bonds is 7. The van der Waals surface area contributed by atoms with E-state index in [1.807, 2.05) is 12.4 Å². The predicted octanol–water partition coefficient (Wildman–Crippen LogP) is 6.39. The Kier molecular flexibility index (Phi) is 7.67. The van der Waals surface area contributed by atoms with Crippen LogP contribution in [0.4, 0.5) is 5.69 Å². The van der Waals surface area contributed by atoms with Gasteiger partial charge in [0.2, 0.25) is 0 Å². The Bertz CT molecular complexity index is 513. The largest absolute Gasteiger partial charge is 0.288 e. The third kappa shape index (κ3) is 5.60. The lowest BCUT2D eigenvalue weighted by Gasteiger charge is -2.19. The molecular formula is C21H34N2. The van der Waals surface area contributed by atoms with Crippen LogP contribution in [-0.2, 0) is 0 Å². The Labute approximate surface area is 143 Å². The third-order valence-corrected chi connectivity index (χ3v) is 4.75. The van der Waals surface area contributed by atoms with Crippen molar-refractivity contribution < 1.29 is 0 Å². The molecule has 2 atom stereocenters. The molecule has 2 unspecified atom stereocenters. The fourth-order valence-electron chi connectivity index (χ4n) is 2.64. The lowest BCUT2D eigenvalue weighted by atomic mass is 9.92. The molecule has 0 aliphatic carbocycles. The minimum atomic E-state index is 0.325.